The Morgan fingerprint density at radius 2 is 1.85 bits per heavy atom. The van der Waals surface area contributed by atoms with E-state index < -0.39 is 16.9 Å². The fourth-order valence-corrected chi connectivity index (χ4v) is 6.01. The molecule has 2 unspecified atom stereocenters. The van der Waals surface area contributed by atoms with Gasteiger partial charge in [-0.25, -0.2) is 4.79 Å². The number of piperazine rings is 1. The molecule has 4 rings (SSSR count). The fraction of sp³-hybridized carbons (Fsp3) is 0.767. The molecule has 0 saturated carbocycles. The van der Waals surface area contributed by atoms with Crippen LogP contribution < -0.4 is 4.90 Å². The zero-order chi connectivity index (χ0) is 30.2. The first kappa shape index (κ1) is 31.6. The highest BCUT2D eigenvalue weighted by Gasteiger charge is 2.43. The van der Waals surface area contributed by atoms with Crippen molar-refractivity contribution in [2.24, 2.45) is 0 Å². The zero-order valence-corrected chi connectivity index (χ0v) is 25.7. The maximum absolute atomic E-state index is 14.8. The SMILES string of the molecule is CCCC(F)(F)c1cc2c(cn1)C(C)(C)CN2C(=O)CN1CC(C)N(C(=O)OC(C)(C)C)CC1CN1CCOCC1. The lowest BCUT2D eigenvalue weighted by Gasteiger charge is -2.47. The van der Waals surface area contributed by atoms with Gasteiger partial charge >= 0.3 is 6.09 Å². The normalized spacial score (nSPS) is 23.9. The summed E-state index contributed by atoms with van der Waals surface area (Å²) in [5.41, 5.74) is 0.00689. The Morgan fingerprint density at radius 1 is 1.17 bits per heavy atom. The number of pyridine rings is 1. The average molecular weight is 580 g/mol. The molecule has 2 atom stereocenters. The highest BCUT2D eigenvalue weighted by Crippen LogP contribution is 2.43. The van der Waals surface area contributed by atoms with Crippen LogP contribution in [0.25, 0.3) is 0 Å². The Bertz CT molecular complexity index is 1100. The molecule has 0 aliphatic carbocycles. The Kier molecular flexibility index (Phi) is 9.31. The third kappa shape index (κ3) is 7.35. The number of nitrogens with zero attached hydrogens (tertiary/aromatic N) is 5. The molecule has 1 aromatic heterocycles. The third-order valence-electron chi connectivity index (χ3n) is 8.19. The highest BCUT2D eigenvalue weighted by molar-refractivity contribution is 5.97. The van der Waals surface area contributed by atoms with Gasteiger partial charge in [-0.05, 0) is 33.8 Å². The molecule has 2 amide bonds. The van der Waals surface area contributed by atoms with Gasteiger partial charge in [-0.2, -0.15) is 8.78 Å². The predicted octanol–water partition coefficient (Wildman–Crippen LogP) is 4.24. The van der Waals surface area contributed by atoms with E-state index in [9.17, 15) is 18.4 Å². The van der Waals surface area contributed by atoms with Crippen LogP contribution in [0.3, 0.4) is 0 Å². The van der Waals surface area contributed by atoms with E-state index in [4.69, 9.17) is 9.47 Å². The summed E-state index contributed by atoms with van der Waals surface area (Å²) in [4.78, 5) is 39.0. The predicted molar refractivity (Wildman–Crippen MR) is 153 cm³/mol. The summed E-state index contributed by atoms with van der Waals surface area (Å²) < 4.78 is 40.8. The van der Waals surface area contributed by atoms with Gasteiger partial charge < -0.3 is 19.3 Å². The molecule has 2 fully saturated rings. The first-order chi connectivity index (χ1) is 19.1. The molecule has 11 heteroatoms. The largest absolute Gasteiger partial charge is 0.444 e. The molecule has 9 nitrogen and oxygen atoms in total. The van der Waals surface area contributed by atoms with Gasteiger partial charge in [0.25, 0.3) is 5.92 Å². The minimum Gasteiger partial charge on any atom is -0.444 e. The summed E-state index contributed by atoms with van der Waals surface area (Å²) in [5, 5.41) is 0. The van der Waals surface area contributed by atoms with Crippen LogP contribution in [-0.2, 0) is 25.6 Å². The van der Waals surface area contributed by atoms with Crippen molar-refractivity contribution in [2.75, 3.05) is 63.9 Å². The van der Waals surface area contributed by atoms with Crippen molar-refractivity contribution in [2.45, 2.75) is 90.3 Å². The van der Waals surface area contributed by atoms with Crippen LogP contribution in [-0.4, -0.2) is 108 Å². The van der Waals surface area contributed by atoms with Crippen molar-refractivity contribution < 1.29 is 27.8 Å². The van der Waals surface area contributed by atoms with Crippen molar-refractivity contribution in [1.82, 2.24) is 19.7 Å². The van der Waals surface area contributed by atoms with Crippen LogP contribution in [0.1, 0.15) is 72.6 Å². The number of alkyl halides is 2. The van der Waals surface area contributed by atoms with Crippen LogP contribution in [0.4, 0.5) is 19.3 Å². The van der Waals surface area contributed by atoms with Crippen molar-refractivity contribution in [3.63, 3.8) is 0 Å². The number of rotatable bonds is 7. The lowest BCUT2D eigenvalue weighted by molar-refractivity contribution is -0.121. The van der Waals surface area contributed by atoms with E-state index in [2.05, 4.69) is 14.8 Å². The van der Waals surface area contributed by atoms with Crippen LogP contribution in [0.15, 0.2) is 12.3 Å². The van der Waals surface area contributed by atoms with Crippen molar-refractivity contribution in [3.05, 3.63) is 23.5 Å². The van der Waals surface area contributed by atoms with Gasteiger partial charge in [0, 0.05) is 74.9 Å². The summed E-state index contributed by atoms with van der Waals surface area (Å²) in [7, 11) is 0. The number of anilines is 1. The van der Waals surface area contributed by atoms with E-state index in [1.165, 1.54) is 12.3 Å². The van der Waals surface area contributed by atoms with Gasteiger partial charge in [0.2, 0.25) is 5.91 Å². The van der Waals surface area contributed by atoms with Crippen LogP contribution in [0.5, 0.6) is 0 Å². The minimum atomic E-state index is -3.05. The molecule has 2 saturated heterocycles. The Morgan fingerprint density at radius 3 is 2.49 bits per heavy atom. The van der Waals surface area contributed by atoms with E-state index in [1.807, 2.05) is 41.5 Å². The second kappa shape index (κ2) is 12.1. The average Bonchev–Trinajstić information content (AvgIpc) is 3.15. The fourth-order valence-electron chi connectivity index (χ4n) is 6.01. The Labute approximate surface area is 243 Å². The number of carbonyl (C=O) groups excluding carboxylic acids is 2. The molecule has 3 aliphatic heterocycles. The molecule has 230 valence electrons. The summed E-state index contributed by atoms with van der Waals surface area (Å²) >= 11 is 0. The van der Waals surface area contributed by atoms with Crippen molar-refractivity contribution in [1.29, 1.82) is 0 Å². The summed E-state index contributed by atoms with van der Waals surface area (Å²) in [6.07, 6.45) is 1.20. The molecular formula is C30H47F2N5O4. The molecule has 1 aromatic rings. The lowest BCUT2D eigenvalue weighted by atomic mass is 9.88. The number of hydrogen-bond acceptors (Lipinski definition) is 7. The molecular weight excluding hydrogens is 532 g/mol. The van der Waals surface area contributed by atoms with Crippen LogP contribution >= 0.6 is 0 Å². The highest BCUT2D eigenvalue weighted by atomic mass is 19.3. The second-order valence-corrected chi connectivity index (χ2v) is 13.4. The van der Waals surface area contributed by atoms with Gasteiger partial charge in [0.15, 0.2) is 0 Å². The van der Waals surface area contributed by atoms with E-state index in [0.717, 1.165) is 18.7 Å². The number of fused-ring (bicyclic) bond motifs is 1. The summed E-state index contributed by atoms with van der Waals surface area (Å²) in [6.45, 7) is 18.3. The van der Waals surface area contributed by atoms with Gasteiger partial charge in [-0.15, -0.1) is 0 Å². The maximum Gasteiger partial charge on any atom is 0.410 e. The van der Waals surface area contributed by atoms with Gasteiger partial charge in [0.05, 0.1) is 25.4 Å². The zero-order valence-electron chi connectivity index (χ0n) is 25.7. The molecule has 0 spiro atoms. The molecule has 0 N–H and O–H groups in total. The van der Waals surface area contributed by atoms with Crippen molar-refractivity contribution in [3.8, 4) is 0 Å². The maximum atomic E-state index is 14.8. The monoisotopic (exact) mass is 579 g/mol. The van der Waals surface area contributed by atoms with E-state index >= 15 is 0 Å². The van der Waals surface area contributed by atoms with Crippen LogP contribution in [0, 0.1) is 0 Å². The number of ether oxygens (including phenoxy) is 2. The van der Waals surface area contributed by atoms with E-state index in [-0.39, 0.29) is 42.7 Å². The standard InChI is InChI=1S/C30H47F2N5O4/c1-8-9-30(31,32)25-14-24-23(15-33-25)29(6,7)20-37(24)26(38)19-35-16-21(2)36(27(39)41-28(3,4)5)18-22(35)17-34-10-12-40-13-11-34/h14-15,21-22H,8-13,16-20H2,1-7H3. The van der Waals surface area contributed by atoms with E-state index in [1.54, 1.807) is 16.7 Å². The topological polar surface area (TPSA) is 78.5 Å². The molecule has 3 aliphatic rings. The molecule has 0 aromatic carbocycles. The second-order valence-electron chi connectivity index (χ2n) is 13.4. The Hall–Kier alpha value is -2.37. The number of carbonyl (C=O) groups is 2. The first-order valence-corrected chi connectivity index (χ1v) is 14.8. The smallest absolute Gasteiger partial charge is 0.410 e. The third-order valence-corrected chi connectivity index (χ3v) is 8.19. The van der Waals surface area contributed by atoms with E-state index in [0.29, 0.717) is 51.5 Å². The Balaban J connectivity index is 1.56. The summed E-state index contributed by atoms with van der Waals surface area (Å²) in [6, 6.07) is 1.15. The van der Waals surface area contributed by atoms with Gasteiger partial charge in [0.1, 0.15) is 11.3 Å². The quantitative estimate of drug-likeness (QED) is 0.478. The number of aromatic nitrogens is 1. The molecule has 0 radical (unpaired) electrons. The van der Waals surface area contributed by atoms with Crippen LogP contribution in [0.2, 0.25) is 0 Å². The lowest BCUT2D eigenvalue weighted by Crippen LogP contribution is -2.63. The minimum absolute atomic E-state index is 0.0993. The molecule has 0 bridgehead atoms. The number of halogens is 2. The summed E-state index contributed by atoms with van der Waals surface area (Å²) in [5.74, 6) is -3.19. The number of amides is 2. The van der Waals surface area contributed by atoms with Gasteiger partial charge in [-0.1, -0.05) is 27.2 Å². The number of hydrogen-bond donors (Lipinski definition) is 0. The van der Waals surface area contributed by atoms with Crippen molar-refractivity contribution >= 4 is 17.7 Å². The van der Waals surface area contributed by atoms with Gasteiger partial charge in [-0.3, -0.25) is 19.6 Å². The first-order valence-electron chi connectivity index (χ1n) is 14.8. The molecule has 41 heavy (non-hydrogen) atoms. The molecule has 4 heterocycles. The number of morpholine rings is 1.